The van der Waals surface area contributed by atoms with E-state index in [0.717, 1.165) is 15.6 Å². The van der Waals surface area contributed by atoms with Crippen LogP contribution in [0.4, 0.5) is 0 Å². The van der Waals surface area contributed by atoms with Crippen molar-refractivity contribution in [1.82, 2.24) is 10.3 Å². The highest BCUT2D eigenvalue weighted by atomic mass is 79.9. The Morgan fingerprint density at radius 2 is 2.25 bits per heavy atom. The Balaban J connectivity index is 1.80. The quantitative estimate of drug-likeness (QED) is 0.914. The zero-order chi connectivity index (χ0) is 14.4. The van der Waals surface area contributed by atoms with Gasteiger partial charge in [0, 0.05) is 23.4 Å². The van der Waals surface area contributed by atoms with Crippen LogP contribution in [0.3, 0.4) is 0 Å². The fourth-order valence-corrected chi connectivity index (χ4v) is 2.15. The third-order valence-electron chi connectivity index (χ3n) is 2.71. The predicted octanol–water partition coefficient (Wildman–Crippen LogP) is 2.85. The third-order valence-corrected chi connectivity index (χ3v) is 3.20. The summed E-state index contributed by atoms with van der Waals surface area (Å²) in [6.45, 7) is 2.39. The summed E-state index contributed by atoms with van der Waals surface area (Å²) in [5, 5.41) is 2.79. The maximum absolute atomic E-state index is 11.7. The average Bonchev–Trinajstić information content (AvgIpc) is 2.45. The van der Waals surface area contributed by atoms with E-state index in [2.05, 4.69) is 26.2 Å². The summed E-state index contributed by atoms with van der Waals surface area (Å²) in [5.41, 5.74) is 1.94. The topological polar surface area (TPSA) is 51.2 Å². The van der Waals surface area contributed by atoms with Gasteiger partial charge in [-0.2, -0.15) is 0 Å². The lowest BCUT2D eigenvalue weighted by atomic mass is 10.2. The van der Waals surface area contributed by atoms with Gasteiger partial charge in [-0.15, -0.1) is 0 Å². The van der Waals surface area contributed by atoms with E-state index < -0.39 is 0 Å². The lowest BCUT2D eigenvalue weighted by Crippen LogP contribution is -2.28. The molecule has 2 aromatic rings. The molecule has 0 spiro atoms. The number of aromatic nitrogens is 1. The number of pyridine rings is 1. The number of nitrogens with one attached hydrogen (secondary N) is 1. The van der Waals surface area contributed by atoms with Crippen molar-refractivity contribution in [2.45, 2.75) is 13.5 Å². The van der Waals surface area contributed by atoms with E-state index in [4.69, 9.17) is 4.74 Å². The van der Waals surface area contributed by atoms with Gasteiger partial charge in [-0.1, -0.05) is 22.0 Å². The number of rotatable bonds is 5. The first-order valence-corrected chi connectivity index (χ1v) is 6.99. The Labute approximate surface area is 126 Å². The molecule has 5 heteroatoms. The Bertz CT molecular complexity index is 588. The number of ether oxygens (including phenoxy) is 1. The SMILES string of the molecule is Cc1cc(Br)ccc1OCC(=O)NCc1cccnc1. The Hall–Kier alpha value is -1.88. The average molecular weight is 335 g/mol. The molecule has 1 aromatic carbocycles. The first-order chi connectivity index (χ1) is 9.65. The summed E-state index contributed by atoms with van der Waals surface area (Å²) < 4.78 is 6.48. The van der Waals surface area contributed by atoms with E-state index >= 15 is 0 Å². The number of amides is 1. The van der Waals surface area contributed by atoms with Gasteiger partial charge in [-0.25, -0.2) is 0 Å². The minimum absolute atomic E-state index is 0.00271. The van der Waals surface area contributed by atoms with Crippen molar-refractivity contribution in [3.8, 4) is 5.75 Å². The molecule has 0 radical (unpaired) electrons. The van der Waals surface area contributed by atoms with Crippen LogP contribution < -0.4 is 10.1 Å². The van der Waals surface area contributed by atoms with E-state index in [-0.39, 0.29) is 12.5 Å². The molecule has 0 saturated carbocycles. The fourth-order valence-electron chi connectivity index (χ4n) is 1.67. The fraction of sp³-hybridized carbons (Fsp3) is 0.200. The van der Waals surface area contributed by atoms with Crippen LogP contribution in [0.15, 0.2) is 47.2 Å². The smallest absolute Gasteiger partial charge is 0.258 e. The van der Waals surface area contributed by atoms with Crippen molar-refractivity contribution in [3.63, 3.8) is 0 Å². The van der Waals surface area contributed by atoms with E-state index in [1.807, 2.05) is 37.3 Å². The van der Waals surface area contributed by atoms with E-state index in [1.54, 1.807) is 12.4 Å². The second-order valence-corrected chi connectivity index (χ2v) is 5.25. The zero-order valence-corrected chi connectivity index (χ0v) is 12.7. The van der Waals surface area contributed by atoms with E-state index in [9.17, 15) is 4.79 Å². The zero-order valence-electron chi connectivity index (χ0n) is 11.1. The minimum Gasteiger partial charge on any atom is -0.484 e. The van der Waals surface area contributed by atoms with Gasteiger partial charge in [0.05, 0.1) is 0 Å². The molecular weight excluding hydrogens is 320 g/mol. The molecule has 4 nitrogen and oxygen atoms in total. The van der Waals surface area contributed by atoms with Crippen LogP contribution in [-0.4, -0.2) is 17.5 Å². The van der Waals surface area contributed by atoms with Gasteiger partial charge < -0.3 is 10.1 Å². The maximum Gasteiger partial charge on any atom is 0.258 e. The summed E-state index contributed by atoms with van der Waals surface area (Å²) in [4.78, 5) is 15.7. The Morgan fingerprint density at radius 3 is 2.95 bits per heavy atom. The molecule has 20 heavy (non-hydrogen) atoms. The van der Waals surface area contributed by atoms with Gasteiger partial charge in [0.15, 0.2) is 6.61 Å². The van der Waals surface area contributed by atoms with Crippen LogP contribution in [0.5, 0.6) is 5.75 Å². The highest BCUT2D eigenvalue weighted by Crippen LogP contribution is 2.21. The van der Waals surface area contributed by atoms with Crippen LogP contribution >= 0.6 is 15.9 Å². The Kier molecular flexibility index (Phi) is 5.12. The summed E-state index contributed by atoms with van der Waals surface area (Å²) in [5.74, 6) is 0.556. The number of carbonyl (C=O) groups is 1. The van der Waals surface area contributed by atoms with Crippen molar-refractivity contribution < 1.29 is 9.53 Å². The molecule has 2 rings (SSSR count). The predicted molar refractivity (Wildman–Crippen MR) is 80.5 cm³/mol. The summed E-state index contributed by atoms with van der Waals surface area (Å²) in [6, 6.07) is 9.42. The summed E-state index contributed by atoms with van der Waals surface area (Å²) in [7, 11) is 0. The first kappa shape index (κ1) is 14.5. The molecule has 0 saturated heterocycles. The molecule has 1 N–H and O–H groups in total. The largest absolute Gasteiger partial charge is 0.484 e. The van der Waals surface area contributed by atoms with Crippen LogP contribution in [0.1, 0.15) is 11.1 Å². The molecule has 0 aliphatic heterocycles. The molecule has 0 aliphatic rings. The Morgan fingerprint density at radius 1 is 1.40 bits per heavy atom. The number of halogens is 1. The van der Waals surface area contributed by atoms with Crippen molar-refractivity contribution in [3.05, 3.63) is 58.3 Å². The van der Waals surface area contributed by atoms with Gasteiger partial charge in [-0.3, -0.25) is 9.78 Å². The van der Waals surface area contributed by atoms with Gasteiger partial charge in [-0.05, 0) is 42.3 Å². The molecular formula is C15H15BrN2O2. The van der Waals surface area contributed by atoms with Crippen molar-refractivity contribution in [2.75, 3.05) is 6.61 Å². The normalized spacial score (nSPS) is 10.1. The second kappa shape index (κ2) is 7.05. The molecule has 0 atom stereocenters. The lowest BCUT2D eigenvalue weighted by molar-refractivity contribution is -0.123. The molecule has 104 valence electrons. The van der Waals surface area contributed by atoms with Gasteiger partial charge in [0.1, 0.15) is 5.75 Å². The van der Waals surface area contributed by atoms with Crippen LogP contribution in [0.2, 0.25) is 0 Å². The number of hydrogen-bond donors (Lipinski definition) is 1. The van der Waals surface area contributed by atoms with Crippen molar-refractivity contribution in [1.29, 1.82) is 0 Å². The lowest BCUT2D eigenvalue weighted by Gasteiger charge is -2.09. The minimum atomic E-state index is -0.156. The standard InChI is InChI=1S/C15H15BrN2O2/c1-11-7-13(16)4-5-14(11)20-10-15(19)18-9-12-3-2-6-17-8-12/h2-8H,9-10H2,1H3,(H,18,19). The molecule has 0 unspecified atom stereocenters. The molecule has 1 amide bonds. The highest BCUT2D eigenvalue weighted by Gasteiger charge is 2.05. The molecule has 1 heterocycles. The monoisotopic (exact) mass is 334 g/mol. The number of nitrogens with zero attached hydrogens (tertiary/aromatic N) is 1. The molecule has 0 fully saturated rings. The van der Waals surface area contributed by atoms with Gasteiger partial charge in [0.25, 0.3) is 5.91 Å². The van der Waals surface area contributed by atoms with Crippen LogP contribution in [-0.2, 0) is 11.3 Å². The van der Waals surface area contributed by atoms with Crippen LogP contribution in [0, 0.1) is 6.92 Å². The molecule has 1 aromatic heterocycles. The van der Waals surface area contributed by atoms with E-state index in [0.29, 0.717) is 12.3 Å². The number of aryl methyl sites for hydroxylation is 1. The molecule has 0 aliphatic carbocycles. The first-order valence-electron chi connectivity index (χ1n) is 6.20. The van der Waals surface area contributed by atoms with Gasteiger partial charge >= 0.3 is 0 Å². The second-order valence-electron chi connectivity index (χ2n) is 4.34. The summed E-state index contributed by atoms with van der Waals surface area (Å²) in [6.07, 6.45) is 3.42. The highest BCUT2D eigenvalue weighted by molar-refractivity contribution is 9.10. The van der Waals surface area contributed by atoms with Crippen molar-refractivity contribution >= 4 is 21.8 Å². The number of benzene rings is 1. The summed E-state index contributed by atoms with van der Waals surface area (Å²) >= 11 is 3.39. The van der Waals surface area contributed by atoms with Crippen molar-refractivity contribution in [2.24, 2.45) is 0 Å². The number of carbonyl (C=O) groups excluding carboxylic acids is 1. The maximum atomic E-state index is 11.7. The van der Waals surface area contributed by atoms with Crippen LogP contribution in [0.25, 0.3) is 0 Å². The third kappa shape index (κ3) is 4.35. The molecule has 0 bridgehead atoms. The van der Waals surface area contributed by atoms with Gasteiger partial charge in [0.2, 0.25) is 0 Å². The number of hydrogen-bond acceptors (Lipinski definition) is 3. The van der Waals surface area contributed by atoms with E-state index in [1.165, 1.54) is 0 Å².